The number of hydrogen-bond acceptors (Lipinski definition) is 2. The van der Waals surface area contributed by atoms with Crippen LogP contribution in [0.1, 0.15) is 59.8 Å². The third kappa shape index (κ3) is 4.75. The average molecular weight is 266 g/mol. The molecule has 1 aliphatic heterocycles. The topological polar surface area (TPSA) is 15.3 Å². The maximum Gasteiger partial charge on any atom is 0.0244 e. The Kier molecular flexibility index (Phi) is 5.70. The van der Waals surface area contributed by atoms with Gasteiger partial charge in [0.05, 0.1) is 0 Å². The Hall–Kier alpha value is -0.0800. The predicted molar refractivity (Wildman–Crippen MR) is 83.4 cm³/mol. The van der Waals surface area contributed by atoms with Crippen LogP contribution in [-0.4, -0.2) is 36.6 Å². The van der Waals surface area contributed by atoms with Crippen molar-refractivity contribution < 1.29 is 0 Å². The molecular weight excluding hydrogens is 232 g/mol. The Balaban J connectivity index is 1.77. The Bertz CT molecular complexity index is 258. The number of rotatable bonds is 7. The van der Waals surface area contributed by atoms with Crippen molar-refractivity contribution in [3.05, 3.63) is 0 Å². The second-order valence-electron chi connectivity index (χ2n) is 7.55. The quantitative estimate of drug-likeness (QED) is 0.709. The summed E-state index contributed by atoms with van der Waals surface area (Å²) >= 11 is 0. The molecule has 2 rings (SSSR count). The molecular formula is C17H34N2. The summed E-state index contributed by atoms with van der Waals surface area (Å²) in [6.45, 7) is 13.3. The van der Waals surface area contributed by atoms with E-state index in [1.165, 1.54) is 51.7 Å². The summed E-state index contributed by atoms with van der Waals surface area (Å²) in [6, 6.07) is 1.55. The van der Waals surface area contributed by atoms with E-state index in [1.807, 2.05) is 0 Å². The number of hydrogen-bond donors (Lipinski definition) is 1. The summed E-state index contributed by atoms with van der Waals surface area (Å²) in [5.74, 6) is 2.63. The second kappa shape index (κ2) is 7.08. The van der Waals surface area contributed by atoms with Gasteiger partial charge >= 0.3 is 0 Å². The van der Waals surface area contributed by atoms with Crippen molar-refractivity contribution in [3.8, 4) is 0 Å². The Morgan fingerprint density at radius 1 is 1.11 bits per heavy atom. The fraction of sp³-hybridized carbons (Fsp3) is 1.00. The highest BCUT2D eigenvalue weighted by atomic mass is 15.2. The molecule has 2 atom stereocenters. The van der Waals surface area contributed by atoms with E-state index in [9.17, 15) is 0 Å². The molecule has 2 aliphatic rings. The van der Waals surface area contributed by atoms with Crippen LogP contribution in [0.5, 0.6) is 0 Å². The lowest BCUT2D eigenvalue weighted by Gasteiger charge is -2.42. The molecule has 0 spiro atoms. The highest BCUT2D eigenvalue weighted by molar-refractivity contribution is 4.95. The SMILES string of the molecule is CC(C)CCCCN1CC(C2CC2)NCC1C(C)C. The van der Waals surface area contributed by atoms with Crippen molar-refractivity contribution in [1.82, 2.24) is 10.2 Å². The third-order valence-electron chi connectivity index (χ3n) is 4.93. The Labute approximate surface area is 120 Å². The van der Waals surface area contributed by atoms with Gasteiger partial charge in [-0.1, -0.05) is 40.5 Å². The van der Waals surface area contributed by atoms with Crippen LogP contribution in [0.4, 0.5) is 0 Å². The zero-order valence-corrected chi connectivity index (χ0v) is 13.5. The summed E-state index contributed by atoms with van der Waals surface area (Å²) < 4.78 is 0. The van der Waals surface area contributed by atoms with Gasteiger partial charge in [0.15, 0.2) is 0 Å². The summed E-state index contributed by atoms with van der Waals surface area (Å²) in [7, 11) is 0. The number of nitrogens with zero attached hydrogens (tertiary/aromatic N) is 1. The van der Waals surface area contributed by atoms with E-state index < -0.39 is 0 Å². The van der Waals surface area contributed by atoms with Gasteiger partial charge in [-0.05, 0) is 43.6 Å². The molecule has 2 nitrogen and oxygen atoms in total. The number of piperazine rings is 1. The maximum atomic E-state index is 3.81. The van der Waals surface area contributed by atoms with Crippen molar-refractivity contribution >= 4 is 0 Å². The van der Waals surface area contributed by atoms with Crippen LogP contribution in [-0.2, 0) is 0 Å². The largest absolute Gasteiger partial charge is 0.311 e. The predicted octanol–water partition coefficient (Wildman–Crippen LogP) is 3.52. The molecule has 2 fully saturated rings. The standard InChI is InChI=1S/C17H34N2/c1-13(2)7-5-6-10-19-12-16(15-8-9-15)18-11-17(19)14(3)4/h13-18H,5-12H2,1-4H3. The molecule has 112 valence electrons. The van der Waals surface area contributed by atoms with Gasteiger partial charge in [-0.15, -0.1) is 0 Å². The lowest BCUT2D eigenvalue weighted by Crippen LogP contribution is -2.59. The summed E-state index contributed by atoms with van der Waals surface area (Å²) in [6.07, 6.45) is 7.11. The van der Waals surface area contributed by atoms with Gasteiger partial charge in [-0.3, -0.25) is 4.90 Å². The molecule has 2 unspecified atom stereocenters. The van der Waals surface area contributed by atoms with E-state index in [2.05, 4.69) is 37.9 Å². The smallest absolute Gasteiger partial charge is 0.0244 e. The van der Waals surface area contributed by atoms with E-state index >= 15 is 0 Å². The van der Waals surface area contributed by atoms with Crippen LogP contribution >= 0.6 is 0 Å². The molecule has 0 bridgehead atoms. The monoisotopic (exact) mass is 266 g/mol. The molecule has 19 heavy (non-hydrogen) atoms. The van der Waals surface area contributed by atoms with E-state index in [4.69, 9.17) is 0 Å². The average Bonchev–Trinajstić information content (AvgIpc) is 3.18. The Morgan fingerprint density at radius 3 is 2.42 bits per heavy atom. The molecule has 0 radical (unpaired) electrons. The van der Waals surface area contributed by atoms with E-state index in [0.717, 1.165) is 29.8 Å². The van der Waals surface area contributed by atoms with Crippen molar-refractivity contribution in [1.29, 1.82) is 0 Å². The highest BCUT2D eigenvalue weighted by Crippen LogP contribution is 2.34. The molecule has 1 N–H and O–H groups in total. The van der Waals surface area contributed by atoms with Gasteiger partial charge in [-0.2, -0.15) is 0 Å². The lowest BCUT2D eigenvalue weighted by molar-refractivity contribution is 0.0901. The van der Waals surface area contributed by atoms with Gasteiger partial charge in [0.2, 0.25) is 0 Å². The molecule has 1 aliphatic carbocycles. The first-order valence-corrected chi connectivity index (χ1v) is 8.55. The van der Waals surface area contributed by atoms with Crippen LogP contribution in [0.2, 0.25) is 0 Å². The summed E-state index contributed by atoms with van der Waals surface area (Å²) in [4.78, 5) is 2.80. The van der Waals surface area contributed by atoms with Gasteiger partial charge in [0.1, 0.15) is 0 Å². The zero-order valence-electron chi connectivity index (χ0n) is 13.5. The molecule has 0 aromatic carbocycles. The van der Waals surface area contributed by atoms with Crippen molar-refractivity contribution in [2.24, 2.45) is 17.8 Å². The highest BCUT2D eigenvalue weighted by Gasteiger charge is 2.37. The third-order valence-corrected chi connectivity index (χ3v) is 4.93. The van der Waals surface area contributed by atoms with Crippen LogP contribution in [0.3, 0.4) is 0 Å². The molecule has 2 heteroatoms. The van der Waals surface area contributed by atoms with Gasteiger partial charge in [0, 0.05) is 25.2 Å². The molecule has 0 amide bonds. The van der Waals surface area contributed by atoms with E-state index in [-0.39, 0.29) is 0 Å². The first-order chi connectivity index (χ1) is 9.08. The number of unbranched alkanes of at least 4 members (excludes halogenated alkanes) is 1. The molecule has 0 aromatic heterocycles. The second-order valence-corrected chi connectivity index (χ2v) is 7.55. The molecule has 1 saturated heterocycles. The maximum absolute atomic E-state index is 3.81. The first-order valence-electron chi connectivity index (χ1n) is 8.55. The lowest BCUT2D eigenvalue weighted by atomic mass is 9.96. The van der Waals surface area contributed by atoms with Crippen LogP contribution in [0.15, 0.2) is 0 Å². The van der Waals surface area contributed by atoms with Crippen LogP contribution < -0.4 is 5.32 Å². The van der Waals surface area contributed by atoms with Gasteiger partial charge in [-0.25, -0.2) is 0 Å². The Morgan fingerprint density at radius 2 is 1.84 bits per heavy atom. The van der Waals surface area contributed by atoms with Crippen LogP contribution in [0, 0.1) is 17.8 Å². The van der Waals surface area contributed by atoms with E-state index in [0.29, 0.717) is 0 Å². The zero-order chi connectivity index (χ0) is 13.8. The fourth-order valence-corrected chi connectivity index (χ4v) is 3.45. The van der Waals surface area contributed by atoms with Crippen molar-refractivity contribution in [3.63, 3.8) is 0 Å². The minimum atomic E-state index is 0.758. The normalized spacial score (nSPS) is 29.4. The molecule has 1 saturated carbocycles. The molecule has 1 heterocycles. The summed E-state index contributed by atoms with van der Waals surface area (Å²) in [5.41, 5.74) is 0. The minimum Gasteiger partial charge on any atom is -0.311 e. The minimum absolute atomic E-state index is 0.758. The first kappa shape index (κ1) is 15.3. The van der Waals surface area contributed by atoms with Crippen LogP contribution in [0.25, 0.3) is 0 Å². The van der Waals surface area contributed by atoms with Gasteiger partial charge in [0.25, 0.3) is 0 Å². The van der Waals surface area contributed by atoms with Gasteiger partial charge < -0.3 is 5.32 Å². The summed E-state index contributed by atoms with van der Waals surface area (Å²) in [5, 5.41) is 3.81. The van der Waals surface area contributed by atoms with Crippen molar-refractivity contribution in [2.75, 3.05) is 19.6 Å². The van der Waals surface area contributed by atoms with E-state index in [1.54, 1.807) is 0 Å². The van der Waals surface area contributed by atoms with Crippen molar-refractivity contribution in [2.45, 2.75) is 71.9 Å². The number of nitrogens with one attached hydrogen (secondary N) is 1. The fourth-order valence-electron chi connectivity index (χ4n) is 3.45. The molecule has 0 aromatic rings.